The Balaban J connectivity index is 4.72. The molecule has 110 valence electrons. The highest BCUT2D eigenvalue weighted by molar-refractivity contribution is 5.95. The van der Waals surface area contributed by atoms with Crippen molar-refractivity contribution in [2.24, 2.45) is 5.92 Å². The van der Waals surface area contributed by atoms with Gasteiger partial charge in [-0.2, -0.15) is 0 Å². The molecule has 0 saturated heterocycles. The molecule has 0 amide bonds. The number of rotatable bonds is 11. The zero-order valence-corrected chi connectivity index (χ0v) is 12.0. The summed E-state index contributed by atoms with van der Waals surface area (Å²) in [4.78, 5) is 21.9. The van der Waals surface area contributed by atoms with Crippen molar-refractivity contribution in [3.05, 3.63) is 11.6 Å². The van der Waals surface area contributed by atoms with Gasteiger partial charge in [0.1, 0.15) is 0 Å². The van der Waals surface area contributed by atoms with Crippen LogP contribution in [0.3, 0.4) is 0 Å². The third-order valence-corrected chi connectivity index (χ3v) is 3.28. The average Bonchev–Trinajstić information content (AvgIpc) is 2.34. The van der Waals surface area contributed by atoms with E-state index in [4.69, 9.17) is 5.11 Å². The summed E-state index contributed by atoms with van der Waals surface area (Å²) in [5.74, 6) is -2.40. The monoisotopic (exact) mass is 270 g/mol. The van der Waals surface area contributed by atoms with Gasteiger partial charge in [0.05, 0.1) is 0 Å². The maximum atomic E-state index is 11.2. The van der Waals surface area contributed by atoms with Crippen LogP contribution in [0.25, 0.3) is 0 Å². The maximum Gasteiger partial charge on any atom is 0.332 e. The molecular weight excluding hydrogens is 244 g/mol. The molecule has 0 aromatic rings. The molecule has 0 aliphatic rings. The highest BCUT2D eigenvalue weighted by Gasteiger charge is 2.21. The summed E-state index contributed by atoms with van der Waals surface area (Å²) in [5.41, 5.74) is 0.0553. The fraction of sp³-hybridized carbons (Fsp3) is 0.733. The number of hydrogen-bond acceptors (Lipinski definition) is 2. The second kappa shape index (κ2) is 10.6. The molecule has 0 saturated carbocycles. The van der Waals surface area contributed by atoms with Gasteiger partial charge in [0.15, 0.2) is 0 Å². The Morgan fingerprint density at radius 1 is 0.947 bits per heavy atom. The lowest BCUT2D eigenvalue weighted by Crippen LogP contribution is -2.15. The normalized spacial score (nSPS) is 11.8. The Morgan fingerprint density at radius 3 is 1.74 bits per heavy atom. The van der Waals surface area contributed by atoms with Crippen molar-refractivity contribution in [2.45, 2.75) is 65.2 Å². The summed E-state index contributed by atoms with van der Waals surface area (Å²) < 4.78 is 0. The van der Waals surface area contributed by atoms with E-state index in [2.05, 4.69) is 13.8 Å². The number of unbranched alkanes of at least 4 members (excludes halogenated alkanes) is 4. The van der Waals surface area contributed by atoms with Crippen molar-refractivity contribution in [1.29, 1.82) is 0 Å². The summed E-state index contributed by atoms with van der Waals surface area (Å²) in [6, 6.07) is 0. The molecule has 0 aromatic carbocycles. The number of aliphatic carboxylic acids is 2. The Kier molecular flexibility index (Phi) is 9.85. The minimum atomic E-state index is -1.17. The van der Waals surface area contributed by atoms with Gasteiger partial charge < -0.3 is 10.2 Å². The number of carboxylic acid groups (broad SMARTS) is 2. The van der Waals surface area contributed by atoms with E-state index in [1.165, 1.54) is 0 Å². The van der Waals surface area contributed by atoms with Crippen molar-refractivity contribution in [2.75, 3.05) is 0 Å². The van der Waals surface area contributed by atoms with Crippen LogP contribution in [0.5, 0.6) is 0 Å². The topological polar surface area (TPSA) is 74.6 Å². The molecule has 0 fully saturated rings. The SMILES string of the molecule is CCCCCC(CCCCC)/C(=C/C(=O)O)C(=O)O. The van der Waals surface area contributed by atoms with Crippen molar-refractivity contribution in [3.8, 4) is 0 Å². The predicted octanol–water partition coefficient (Wildman–Crippen LogP) is 3.86. The lowest BCUT2D eigenvalue weighted by Gasteiger charge is -2.17. The zero-order chi connectivity index (χ0) is 14.7. The average molecular weight is 270 g/mol. The van der Waals surface area contributed by atoms with Crippen molar-refractivity contribution in [3.63, 3.8) is 0 Å². The fourth-order valence-electron chi connectivity index (χ4n) is 2.22. The molecule has 0 rings (SSSR count). The molecule has 0 unspecified atom stereocenters. The second-order valence-corrected chi connectivity index (χ2v) is 4.93. The van der Waals surface area contributed by atoms with Crippen LogP contribution in [0.2, 0.25) is 0 Å². The highest BCUT2D eigenvalue weighted by atomic mass is 16.4. The van der Waals surface area contributed by atoms with E-state index in [-0.39, 0.29) is 11.5 Å². The van der Waals surface area contributed by atoms with Gasteiger partial charge in [0, 0.05) is 11.6 Å². The van der Waals surface area contributed by atoms with Crippen LogP contribution < -0.4 is 0 Å². The fourth-order valence-corrected chi connectivity index (χ4v) is 2.22. The summed E-state index contributed by atoms with van der Waals surface area (Å²) in [6.07, 6.45) is 8.58. The zero-order valence-electron chi connectivity index (χ0n) is 12.0. The molecule has 0 atom stereocenters. The molecule has 2 N–H and O–H groups in total. The van der Waals surface area contributed by atoms with Gasteiger partial charge in [-0.3, -0.25) is 0 Å². The number of carboxylic acids is 2. The summed E-state index contributed by atoms with van der Waals surface area (Å²) >= 11 is 0. The molecule has 4 heteroatoms. The van der Waals surface area contributed by atoms with E-state index in [0.717, 1.165) is 57.4 Å². The summed E-state index contributed by atoms with van der Waals surface area (Å²) in [5, 5.41) is 18.0. The molecule has 0 aliphatic heterocycles. The van der Waals surface area contributed by atoms with Gasteiger partial charge in [-0.1, -0.05) is 52.4 Å². The van der Waals surface area contributed by atoms with Gasteiger partial charge in [-0.25, -0.2) is 9.59 Å². The van der Waals surface area contributed by atoms with Crippen LogP contribution >= 0.6 is 0 Å². The predicted molar refractivity (Wildman–Crippen MR) is 75.1 cm³/mol. The smallest absolute Gasteiger partial charge is 0.332 e. The second-order valence-electron chi connectivity index (χ2n) is 4.93. The van der Waals surface area contributed by atoms with E-state index < -0.39 is 11.9 Å². The largest absolute Gasteiger partial charge is 0.478 e. The van der Waals surface area contributed by atoms with Gasteiger partial charge in [-0.15, -0.1) is 0 Å². The van der Waals surface area contributed by atoms with Gasteiger partial charge in [0.25, 0.3) is 0 Å². The highest BCUT2D eigenvalue weighted by Crippen LogP contribution is 2.25. The van der Waals surface area contributed by atoms with Gasteiger partial charge in [0.2, 0.25) is 0 Å². The van der Waals surface area contributed by atoms with E-state index in [9.17, 15) is 14.7 Å². The first-order valence-corrected chi connectivity index (χ1v) is 7.20. The van der Waals surface area contributed by atoms with Crippen LogP contribution in [0, 0.1) is 5.92 Å². The third-order valence-electron chi connectivity index (χ3n) is 3.28. The van der Waals surface area contributed by atoms with Crippen LogP contribution in [0.15, 0.2) is 11.6 Å². The first-order chi connectivity index (χ1) is 9.02. The Morgan fingerprint density at radius 2 is 1.42 bits per heavy atom. The van der Waals surface area contributed by atoms with E-state index in [1.54, 1.807) is 0 Å². The maximum absolute atomic E-state index is 11.2. The Labute approximate surface area is 115 Å². The number of hydrogen-bond donors (Lipinski definition) is 2. The molecule has 4 nitrogen and oxygen atoms in total. The molecule has 0 bridgehead atoms. The van der Waals surface area contributed by atoms with E-state index in [1.807, 2.05) is 0 Å². The molecule has 0 spiro atoms. The molecule has 0 aliphatic carbocycles. The summed E-state index contributed by atoms with van der Waals surface area (Å²) in [7, 11) is 0. The minimum absolute atomic E-state index is 0.0553. The van der Waals surface area contributed by atoms with Crippen molar-refractivity contribution in [1.82, 2.24) is 0 Å². The lowest BCUT2D eigenvalue weighted by atomic mass is 9.88. The van der Waals surface area contributed by atoms with Gasteiger partial charge >= 0.3 is 11.9 Å². The van der Waals surface area contributed by atoms with Crippen LogP contribution in [-0.4, -0.2) is 22.2 Å². The third kappa shape index (κ3) is 8.41. The van der Waals surface area contributed by atoms with Gasteiger partial charge in [-0.05, 0) is 18.8 Å². The quantitative estimate of drug-likeness (QED) is 0.441. The molecule has 19 heavy (non-hydrogen) atoms. The Hall–Kier alpha value is -1.32. The molecule has 0 aromatic heterocycles. The standard InChI is InChI=1S/C15H26O4/c1-3-5-7-9-12(10-8-6-4-2)13(15(18)19)11-14(16)17/h11-12H,3-10H2,1-2H3,(H,16,17)(H,18,19)/b13-11-. The summed E-state index contributed by atoms with van der Waals surface area (Å²) in [6.45, 7) is 4.19. The molecular formula is C15H26O4. The van der Waals surface area contributed by atoms with Crippen molar-refractivity contribution >= 4 is 11.9 Å². The first-order valence-electron chi connectivity index (χ1n) is 7.20. The molecule has 0 radical (unpaired) electrons. The van der Waals surface area contributed by atoms with Crippen molar-refractivity contribution < 1.29 is 19.8 Å². The van der Waals surface area contributed by atoms with Crippen LogP contribution in [-0.2, 0) is 9.59 Å². The van der Waals surface area contributed by atoms with E-state index >= 15 is 0 Å². The van der Waals surface area contributed by atoms with Crippen LogP contribution in [0.1, 0.15) is 65.2 Å². The Bertz CT molecular complexity index is 297. The molecule has 0 heterocycles. The number of carbonyl (C=O) groups is 2. The van der Waals surface area contributed by atoms with Crippen LogP contribution in [0.4, 0.5) is 0 Å². The van der Waals surface area contributed by atoms with E-state index in [0.29, 0.717) is 0 Å². The first kappa shape index (κ1) is 17.7. The lowest BCUT2D eigenvalue weighted by molar-refractivity contribution is -0.135. The minimum Gasteiger partial charge on any atom is -0.478 e.